The Balaban J connectivity index is 1.47. The van der Waals surface area contributed by atoms with Crippen LogP contribution in [0.2, 0.25) is 0 Å². The highest BCUT2D eigenvalue weighted by Crippen LogP contribution is 2.26. The lowest BCUT2D eigenvalue weighted by Gasteiger charge is -2.16. The fraction of sp³-hybridized carbons (Fsp3) is 0.316. The minimum Gasteiger partial charge on any atom is -0.399 e. The molecule has 0 aromatic heterocycles. The van der Waals surface area contributed by atoms with Crippen molar-refractivity contribution >= 4 is 23.4 Å². The first-order chi connectivity index (χ1) is 11.2. The van der Waals surface area contributed by atoms with Gasteiger partial charge in [0, 0.05) is 29.4 Å². The molecule has 1 aliphatic heterocycles. The van der Waals surface area contributed by atoms with Gasteiger partial charge in [0.05, 0.1) is 6.42 Å². The van der Waals surface area contributed by atoms with Crippen molar-refractivity contribution in [1.29, 1.82) is 0 Å². The molecule has 2 aromatic rings. The molecule has 1 amide bonds. The summed E-state index contributed by atoms with van der Waals surface area (Å²) in [6.07, 6.45) is 1.58. The van der Waals surface area contributed by atoms with Crippen LogP contribution in [0.4, 0.5) is 5.69 Å². The Bertz CT molecular complexity index is 642. The highest BCUT2D eigenvalue weighted by molar-refractivity contribution is 7.99. The van der Waals surface area contributed by atoms with Gasteiger partial charge in [-0.25, -0.2) is 0 Å². The van der Waals surface area contributed by atoms with Crippen LogP contribution in [0.3, 0.4) is 0 Å². The van der Waals surface area contributed by atoms with Gasteiger partial charge in [-0.2, -0.15) is 0 Å². The standard InChI is InChI=1S/C19H22N2OS/c20-17-8-6-15(7-9-17)12-19(22)21-11-10-16(13-21)14-23-18-4-2-1-3-5-18/h1-9,16H,10-14,20H2/t16-/m1/s1. The number of anilines is 1. The van der Waals surface area contributed by atoms with Crippen LogP contribution in [0, 0.1) is 5.92 Å². The van der Waals surface area contributed by atoms with Crippen LogP contribution in [0.1, 0.15) is 12.0 Å². The third-order valence-corrected chi connectivity index (χ3v) is 5.45. The molecular formula is C19H22N2OS. The highest BCUT2D eigenvalue weighted by Gasteiger charge is 2.26. The summed E-state index contributed by atoms with van der Waals surface area (Å²) < 4.78 is 0. The van der Waals surface area contributed by atoms with E-state index in [-0.39, 0.29) is 5.91 Å². The number of benzene rings is 2. The van der Waals surface area contributed by atoms with Crippen molar-refractivity contribution in [3.63, 3.8) is 0 Å². The zero-order valence-corrected chi connectivity index (χ0v) is 14.0. The lowest BCUT2D eigenvalue weighted by molar-refractivity contribution is -0.129. The van der Waals surface area contributed by atoms with Gasteiger partial charge in [0.15, 0.2) is 0 Å². The number of amides is 1. The van der Waals surface area contributed by atoms with Crippen LogP contribution in [0.15, 0.2) is 59.5 Å². The molecule has 0 aliphatic carbocycles. The van der Waals surface area contributed by atoms with Gasteiger partial charge in [-0.3, -0.25) is 4.79 Å². The number of rotatable bonds is 5. The molecule has 4 heteroatoms. The maximum Gasteiger partial charge on any atom is 0.226 e. The van der Waals surface area contributed by atoms with Gasteiger partial charge in [0.1, 0.15) is 0 Å². The Labute approximate surface area is 141 Å². The summed E-state index contributed by atoms with van der Waals surface area (Å²) >= 11 is 1.89. The summed E-state index contributed by atoms with van der Waals surface area (Å²) in [6, 6.07) is 18.0. The van der Waals surface area contributed by atoms with E-state index in [2.05, 4.69) is 24.3 Å². The molecule has 0 unspecified atom stereocenters. The van der Waals surface area contributed by atoms with Gasteiger partial charge in [-0.1, -0.05) is 30.3 Å². The number of likely N-dealkylation sites (tertiary alicyclic amines) is 1. The minimum absolute atomic E-state index is 0.224. The Morgan fingerprint density at radius 3 is 2.61 bits per heavy atom. The van der Waals surface area contributed by atoms with Crippen LogP contribution in [0.25, 0.3) is 0 Å². The van der Waals surface area contributed by atoms with E-state index < -0.39 is 0 Å². The molecule has 23 heavy (non-hydrogen) atoms. The predicted octanol–water partition coefficient (Wildman–Crippen LogP) is 3.45. The largest absolute Gasteiger partial charge is 0.399 e. The van der Waals surface area contributed by atoms with Crippen LogP contribution < -0.4 is 5.73 Å². The number of nitrogens with two attached hydrogens (primary N) is 1. The van der Waals surface area contributed by atoms with E-state index in [4.69, 9.17) is 5.73 Å². The second-order valence-electron chi connectivity index (χ2n) is 6.04. The minimum atomic E-state index is 0.224. The van der Waals surface area contributed by atoms with E-state index in [1.165, 1.54) is 4.90 Å². The molecule has 1 aliphatic rings. The second kappa shape index (κ2) is 7.55. The summed E-state index contributed by atoms with van der Waals surface area (Å²) in [5, 5.41) is 0. The molecular weight excluding hydrogens is 304 g/mol. The van der Waals surface area contributed by atoms with Crippen molar-refractivity contribution in [3.8, 4) is 0 Å². The summed E-state index contributed by atoms with van der Waals surface area (Å²) in [5.41, 5.74) is 7.45. The van der Waals surface area contributed by atoms with Gasteiger partial charge in [0.2, 0.25) is 5.91 Å². The van der Waals surface area contributed by atoms with Gasteiger partial charge in [-0.15, -0.1) is 11.8 Å². The third-order valence-electron chi connectivity index (χ3n) is 4.20. The molecule has 0 bridgehead atoms. The maximum atomic E-state index is 12.4. The normalized spacial score (nSPS) is 17.4. The van der Waals surface area contributed by atoms with E-state index in [0.29, 0.717) is 12.3 Å². The van der Waals surface area contributed by atoms with Crippen LogP contribution in [-0.4, -0.2) is 29.6 Å². The average Bonchev–Trinajstić information content (AvgIpc) is 3.05. The lowest BCUT2D eigenvalue weighted by Crippen LogP contribution is -2.30. The maximum absolute atomic E-state index is 12.4. The summed E-state index contributed by atoms with van der Waals surface area (Å²) in [7, 11) is 0. The molecule has 1 atom stereocenters. The Morgan fingerprint density at radius 1 is 1.13 bits per heavy atom. The molecule has 0 radical (unpaired) electrons. The van der Waals surface area contributed by atoms with Crippen molar-refractivity contribution in [3.05, 3.63) is 60.2 Å². The molecule has 1 saturated heterocycles. The molecule has 3 nitrogen and oxygen atoms in total. The predicted molar refractivity (Wildman–Crippen MR) is 96.4 cm³/mol. The van der Waals surface area contributed by atoms with Crippen molar-refractivity contribution in [1.82, 2.24) is 4.90 Å². The zero-order chi connectivity index (χ0) is 16.1. The number of carbonyl (C=O) groups excluding carboxylic acids is 1. The van der Waals surface area contributed by atoms with Gasteiger partial charge in [0.25, 0.3) is 0 Å². The molecule has 1 heterocycles. The molecule has 120 valence electrons. The van der Waals surface area contributed by atoms with Gasteiger partial charge < -0.3 is 10.6 Å². The molecule has 2 aromatic carbocycles. The number of carbonyl (C=O) groups is 1. The first-order valence-corrected chi connectivity index (χ1v) is 8.99. The van der Waals surface area contributed by atoms with E-state index in [1.54, 1.807) is 0 Å². The monoisotopic (exact) mass is 326 g/mol. The Hall–Kier alpha value is -1.94. The van der Waals surface area contributed by atoms with Crippen molar-refractivity contribution in [2.75, 3.05) is 24.6 Å². The Morgan fingerprint density at radius 2 is 1.87 bits per heavy atom. The first kappa shape index (κ1) is 15.9. The molecule has 1 fully saturated rings. The van der Waals surface area contributed by atoms with E-state index in [0.717, 1.165) is 36.5 Å². The fourth-order valence-corrected chi connectivity index (χ4v) is 3.90. The smallest absolute Gasteiger partial charge is 0.226 e. The zero-order valence-electron chi connectivity index (χ0n) is 13.2. The number of hydrogen-bond acceptors (Lipinski definition) is 3. The Kier molecular flexibility index (Phi) is 5.23. The molecule has 0 spiro atoms. The van der Waals surface area contributed by atoms with Crippen molar-refractivity contribution in [2.24, 2.45) is 5.92 Å². The number of thioether (sulfide) groups is 1. The topological polar surface area (TPSA) is 46.3 Å². The van der Waals surface area contributed by atoms with E-state index in [1.807, 2.05) is 47.0 Å². The summed E-state index contributed by atoms with van der Waals surface area (Å²) in [5.74, 6) is 1.90. The summed E-state index contributed by atoms with van der Waals surface area (Å²) in [6.45, 7) is 1.77. The van der Waals surface area contributed by atoms with Crippen LogP contribution in [0.5, 0.6) is 0 Å². The van der Waals surface area contributed by atoms with Crippen LogP contribution >= 0.6 is 11.8 Å². The number of nitrogens with zero attached hydrogens (tertiary/aromatic N) is 1. The van der Waals surface area contributed by atoms with Gasteiger partial charge in [-0.05, 0) is 42.2 Å². The van der Waals surface area contributed by atoms with E-state index >= 15 is 0 Å². The van der Waals surface area contributed by atoms with Crippen molar-refractivity contribution in [2.45, 2.75) is 17.7 Å². The van der Waals surface area contributed by atoms with Crippen LogP contribution in [-0.2, 0) is 11.2 Å². The average molecular weight is 326 g/mol. The highest BCUT2D eigenvalue weighted by atomic mass is 32.2. The first-order valence-electron chi connectivity index (χ1n) is 8.01. The third kappa shape index (κ3) is 4.52. The SMILES string of the molecule is Nc1ccc(CC(=O)N2CC[C@@H](CSc3ccccc3)C2)cc1. The number of nitrogen functional groups attached to an aromatic ring is 1. The van der Waals surface area contributed by atoms with E-state index in [9.17, 15) is 4.79 Å². The fourth-order valence-electron chi connectivity index (χ4n) is 2.85. The second-order valence-corrected chi connectivity index (χ2v) is 7.13. The summed E-state index contributed by atoms with van der Waals surface area (Å²) in [4.78, 5) is 15.7. The molecule has 0 saturated carbocycles. The number of hydrogen-bond donors (Lipinski definition) is 1. The van der Waals surface area contributed by atoms with Crippen molar-refractivity contribution < 1.29 is 4.79 Å². The lowest BCUT2D eigenvalue weighted by atomic mass is 10.1. The molecule has 2 N–H and O–H groups in total. The molecule has 3 rings (SSSR count). The quantitative estimate of drug-likeness (QED) is 0.676. The van der Waals surface area contributed by atoms with Gasteiger partial charge >= 0.3 is 0 Å².